The van der Waals surface area contributed by atoms with Gasteiger partial charge in [-0.1, -0.05) is 67.4 Å². The molecule has 2 unspecified atom stereocenters. The Labute approximate surface area is 171 Å². The summed E-state index contributed by atoms with van der Waals surface area (Å²) in [4.78, 5) is 26.3. The largest absolute Gasteiger partial charge is 0.480 e. The van der Waals surface area contributed by atoms with Crippen LogP contribution in [0, 0.1) is 12.8 Å². The second kappa shape index (κ2) is 8.36. The Morgan fingerprint density at radius 2 is 1.89 bits per heavy atom. The van der Waals surface area contributed by atoms with Crippen molar-refractivity contribution in [1.29, 1.82) is 0 Å². The molecule has 2 aromatic rings. The van der Waals surface area contributed by atoms with Crippen LogP contribution in [-0.4, -0.2) is 35.0 Å². The summed E-state index contributed by atoms with van der Waals surface area (Å²) in [6.07, 6.45) is 0.681. The highest BCUT2D eigenvalue weighted by atomic mass is 35.5. The number of carbonyl (C=O) groups is 2. The van der Waals surface area contributed by atoms with Crippen LogP contribution in [0.4, 0.5) is 0 Å². The summed E-state index contributed by atoms with van der Waals surface area (Å²) in [5.41, 5.74) is 4.09. The summed E-state index contributed by atoms with van der Waals surface area (Å²) in [7, 11) is 0. The molecule has 4 nitrogen and oxygen atoms in total. The van der Waals surface area contributed by atoms with Crippen molar-refractivity contribution < 1.29 is 14.7 Å². The minimum absolute atomic E-state index is 0.115. The summed E-state index contributed by atoms with van der Waals surface area (Å²) in [6.45, 7) is 6.20. The van der Waals surface area contributed by atoms with E-state index in [0.717, 1.165) is 22.3 Å². The molecule has 1 amide bonds. The van der Waals surface area contributed by atoms with Gasteiger partial charge in [0.25, 0.3) is 0 Å². The number of aliphatic carboxylic acids is 1. The molecule has 0 radical (unpaired) electrons. The van der Waals surface area contributed by atoms with Crippen LogP contribution in [0.1, 0.15) is 54.4 Å². The zero-order chi connectivity index (χ0) is 20.4. The first kappa shape index (κ1) is 20.4. The number of rotatable bonds is 5. The van der Waals surface area contributed by atoms with Gasteiger partial charge in [0, 0.05) is 17.5 Å². The summed E-state index contributed by atoms with van der Waals surface area (Å²) in [5, 5.41) is 10.0. The van der Waals surface area contributed by atoms with Crippen LogP contribution in [0.2, 0.25) is 5.02 Å². The minimum atomic E-state index is -1.00. The van der Waals surface area contributed by atoms with E-state index in [1.807, 2.05) is 43.3 Å². The van der Waals surface area contributed by atoms with Gasteiger partial charge in [-0.3, -0.25) is 9.59 Å². The van der Waals surface area contributed by atoms with Gasteiger partial charge < -0.3 is 10.0 Å². The number of aryl methyl sites for hydroxylation is 1. The molecule has 2 aromatic carbocycles. The Morgan fingerprint density at radius 3 is 2.54 bits per heavy atom. The Bertz CT molecular complexity index is 893. The number of halogens is 1. The topological polar surface area (TPSA) is 57.6 Å². The predicted octanol–water partition coefficient (Wildman–Crippen LogP) is 4.84. The number of carboxylic acids is 1. The lowest BCUT2D eigenvalue weighted by Crippen LogP contribution is -2.39. The fourth-order valence-corrected chi connectivity index (χ4v) is 4.37. The number of carboxylic acid groups (broad SMARTS) is 1. The molecule has 1 heterocycles. The molecule has 28 heavy (non-hydrogen) atoms. The standard InChI is InChI=1S/C23H26ClNO3/c1-14(2)10-19-16-9-8-15(3)11-18(16)20(17-6-4-5-7-21(17)24)12-25(23(19)28)13-22(26)27/h4-9,11,14,19-20H,10,12-13H2,1-3H3,(H,26,27). The second-order valence-electron chi connectivity index (χ2n) is 8.00. The van der Waals surface area contributed by atoms with E-state index in [0.29, 0.717) is 23.9 Å². The molecule has 0 aromatic heterocycles. The van der Waals surface area contributed by atoms with Crippen LogP contribution in [0.25, 0.3) is 0 Å². The lowest BCUT2D eigenvalue weighted by molar-refractivity contribution is -0.145. The van der Waals surface area contributed by atoms with Crippen LogP contribution in [-0.2, 0) is 9.59 Å². The Hall–Kier alpha value is -2.33. The molecule has 0 fully saturated rings. The SMILES string of the molecule is Cc1ccc2c(c1)C(c1ccccc1Cl)CN(CC(=O)O)C(=O)C2CC(C)C. The van der Waals surface area contributed by atoms with Gasteiger partial charge in [-0.05, 0) is 42.0 Å². The number of amides is 1. The third-order valence-corrected chi connectivity index (χ3v) is 5.66. The number of hydrogen-bond acceptors (Lipinski definition) is 2. The van der Waals surface area contributed by atoms with E-state index in [2.05, 4.69) is 19.9 Å². The molecule has 3 rings (SSSR count). The van der Waals surface area contributed by atoms with Gasteiger partial charge in [-0.15, -0.1) is 0 Å². The first-order valence-electron chi connectivity index (χ1n) is 9.63. The van der Waals surface area contributed by atoms with Crippen LogP contribution >= 0.6 is 11.6 Å². The molecular weight excluding hydrogens is 374 g/mol. The minimum Gasteiger partial charge on any atom is -0.480 e. The average Bonchev–Trinajstić information content (AvgIpc) is 2.72. The van der Waals surface area contributed by atoms with Crippen molar-refractivity contribution in [3.63, 3.8) is 0 Å². The molecule has 0 aliphatic carbocycles. The van der Waals surface area contributed by atoms with Gasteiger partial charge in [-0.2, -0.15) is 0 Å². The molecule has 0 spiro atoms. The van der Waals surface area contributed by atoms with Crippen molar-refractivity contribution in [1.82, 2.24) is 4.90 Å². The molecule has 2 atom stereocenters. The smallest absolute Gasteiger partial charge is 0.323 e. The van der Waals surface area contributed by atoms with Gasteiger partial charge in [0.15, 0.2) is 0 Å². The van der Waals surface area contributed by atoms with Crippen LogP contribution in [0.5, 0.6) is 0 Å². The number of nitrogens with zero attached hydrogens (tertiary/aromatic N) is 1. The van der Waals surface area contributed by atoms with Crippen LogP contribution in [0.15, 0.2) is 42.5 Å². The number of benzene rings is 2. The maximum atomic E-state index is 13.4. The first-order chi connectivity index (χ1) is 13.3. The van der Waals surface area contributed by atoms with E-state index in [4.69, 9.17) is 11.6 Å². The Kier molecular flexibility index (Phi) is 6.09. The van der Waals surface area contributed by atoms with E-state index >= 15 is 0 Å². The lowest BCUT2D eigenvalue weighted by atomic mass is 9.81. The van der Waals surface area contributed by atoms with Crippen molar-refractivity contribution in [3.05, 3.63) is 69.7 Å². The number of fused-ring (bicyclic) bond motifs is 1. The molecule has 0 bridgehead atoms. The van der Waals surface area contributed by atoms with Gasteiger partial charge in [0.1, 0.15) is 6.54 Å². The van der Waals surface area contributed by atoms with Crippen LogP contribution in [0.3, 0.4) is 0 Å². The summed E-state index contributed by atoms with van der Waals surface area (Å²) >= 11 is 6.51. The third kappa shape index (κ3) is 4.22. The zero-order valence-corrected chi connectivity index (χ0v) is 17.2. The molecule has 1 aliphatic heterocycles. The molecule has 0 saturated heterocycles. The normalized spacial score (nSPS) is 19.5. The summed E-state index contributed by atoms with van der Waals surface area (Å²) < 4.78 is 0. The molecular formula is C23H26ClNO3. The van der Waals surface area contributed by atoms with Crippen LogP contribution < -0.4 is 0 Å². The quantitative estimate of drug-likeness (QED) is 0.782. The average molecular weight is 400 g/mol. The Balaban J connectivity index is 2.20. The maximum Gasteiger partial charge on any atom is 0.323 e. The molecule has 5 heteroatoms. The molecule has 1 aliphatic rings. The predicted molar refractivity (Wildman–Crippen MR) is 111 cm³/mol. The van der Waals surface area contributed by atoms with Gasteiger partial charge >= 0.3 is 5.97 Å². The van der Waals surface area contributed by atoms with Gasteiger partial charge in [-0.25, -0.2) is 0 Å². The first-order valence-corrected chi connectivity index (χ1v) is 10.0. The van der Waals surface area contributed by atoms with E-state index in [1.54, 1.807) is 0 Å². The molecule has 0 saturated carbocycles. The van der Waals surface area contributed by atoms with E-state index in [1.165, 1.54) is 4.90 Å². The molecule has 148 valence electrons. The summed E-state index contributed by atoms with van der Waals surface area (Å²) in [6, 6.07) is 13.8. The fraction of sp³-hybridized carbons (Fsp3) is 0.391. The van der Waals surface area contributed by atoms with E-state index in [-0.39, 0.29) is 24.3 Å². The van der Waals surface area contributed by atoms with Crippen molar-refractivity contribution in [2.24, 2.45) is 5.92 Å². The maximum absolute atomic E-state index is 13.4. The van der Waals surface area contributed by atoms with Gasteiger partial charge in [0.2, 0.25) is 5.91 Å². The van der Waals surface area contributed by atoms with Crippen molar-refractivity contribution in [3.8, 4) is 0 Å². The lowest BCUT2D eigenvalue weighted by Gasteiger charge is -2.26. The summed E-state index contributed by atoms with van der Waals surface area (Å²) in [5.74, 6) is -1.31. The number of carbonyl (C=O) groups excluding carboxylic acids is 1. The van der Waals surface area contributed by atoms with Crippen molar-refractivity contribution in [2.45, 2.75) is 39.0 Å². The second-order valence-corrected chi connectivity index (χ2v) is 8.41. The van der Waals surface area contributed by atoms with Crippen molar-refractivity contribution >= 4 is 23.5 Å². The highest BCUT2D eigenvalue weighted by Crippen LogP contribution is 2.41. The monoisotopic (exact) mass is 399 g/mol. The van der Waals surface area contributed by atoms with E-state index in [9.17, 15) is 14.7 Å². The van der Waals surface area contributed by atoms with E-state index < -0.39 is 5.97 Å². The third-order valence-electron chi connectivity index (χ3n) is 5.32. The molecule has 1 N–H and O–H groups in total. The van der Waals surface area contributed by atoms with Gasteiger partial charge in [0.05, 0.1) is 5.92 Å². The fourth-order valence-electron chi connectivity index (χ4n) is 4.10. The van der Waals surface area contributed by atoms with Crippen molar-refractivity contribution in [2.75, 3.05) is 13.1 Å². The highest BCUT2D eigenvalue weighted by molar-refractivity contribution is 6.31. The zero-order valence-electron chi connectivity index (χ0n) is 16.5. The highest BCUT2D eigenvalue weighted by Gasteiger charge is 2.37. The number of hydrogen-bond donors (Lipinski definition) is 1. The Morgan fingerprint density at radius 1 is 1.18 bits per heavy atom.